The first-order valence-corrected chi connectivity index (χ1v) is 5.43. The highest BCUT2D eigenvalue weighted by Gasteiger charge is 2.19. The summed E-state index contributed by atoms with van der Waals surface area (Å²) in [7, 11) is 3.97. The van der Waals surface area contributed by atoms with Gasteiger partial charge in [0.15, 0.2) is 0 Å². The van der Waals surface area contributed by atoms with Crippen molar-refractivity contribution in [3.8, 4) is 0 Å². The van der Waals surface area contributed by atoms with Crippen molar-refractivity contribution in [3.05, 3.63) is 0 Å². The predicted molar refractivity (Wildman–Crippen MR) is 58.2 cm³/mol. The van der Waals surface area contributed by atoms with Crippen LogP contribution in [0.15, 0.2) is 0 Å². The average Bonchev–Trinajstić information content (AvgIpc) is 2.12. The molecular weight excluding hydrogens is 178 g/mol. The second-order valence-electron chi connectivity index (χ2n) is 3.85. The first-order chi connectivity index (χ1) is 6.61. The van der Waals surface area contributed by atoms with Gasteiger partial charge >= 0.3 is 5.97 Å². The molecule has 0 spiro atoms. The number of hydrogen-bond donors (Lipinski definition) is 0. The van der Waals surface area contributed by atoms with Crippen LogP contribution in [0.2, 0.25) is 0 Å². The van der Waals surface area contributed by atoms with Crippen molar-refractivity contribution >= 4 is 5.97 Å². The first-order valence-electron chi connectivity index (χ1n) is 5.43. The molecular formula is C11H23NO2. The Bertz CT molecular complexity index is 157. The summed E-state index contributed by atoms with van der Waals surface area (Å²) in [6, 6.07) is 0. The molecule has 0 rings (SSSR count). The number of carbonyl (C=O) groups is 1. The summed E-state index contributed by atoms with van der Waals surface area (Å²) in [5, 5.41) is 0. The predicted octanol–water partition coefficient (Wildman–Crippen LogP) is 1.92. The van der Waals surface area contributed by atoms with Crippen LogP contribution in [0.4, 0.5) is 0 Å². The van der Waals surface area contributed by atoms with Crippen molar-refractivity contribution < 1.29 is 9.53 Å². The quantitative estimate of drug-likeness (QED) is 0.589. The molecule has 0 aliphatic carbocycles. The standard InChI is InChI=1S/C11H23NO2/c1-5-7-8-10(9-12(3)4)11(13)14-6-2/h10H,5-9H2,1-4H3. The van der Waals surface area contributed by atoms with Gasteiger partial charge in [-0.3, -0.25) is 4.79 Å². The van der Waals surface area contributed by atoms with E-state index in [-0.39, 0.29) is 11.9 Å². The maximum absolute atomic E-state index is 11.5. The van der Waals surface area contributed by atoms with Gasteiger partial charge in [-0.25, -0.2) is 0 Å². The van der Waals surface area contributed by atoms with Crippen LogP contribution >= 0.6 is 0 Å². The molecule has 0 heterocycles. The van der Waals surface area contributed by atoms with E-state index in [0.29, 0.717) is 6.61 Å². The largest absolute Gasteiger partial charge is 0.466 e. The van der Waals surface area contributed by atoms with Crippen molar-refractivity contribution in [3.63, 3.8) is 0 Å². The van der Waals surface area contributed by atoms with Gasteiger partial charge in [0.2, 0.25) is 0 Å². The molecule has 0 bridgehead atoms. The molecule has 0 aliphatic heterocycles. The van der Waals surface area contributed by atoms with E-state index in [9.17, 15) is 4.79 Å². The molecule has 0 aromatic rings. The van der Waals surface area contributed by atoms with E-state index in [0.717, 1.165) is 25.8 Å². The molecule has 0 aromatic heterocycles. The van der Waals surface area contributed by atoms with E-state index in [2.05, 4.69) is 6.92 Å². The summed E-state index contributed by atoms with van der Waals surface area (Å²) in [5.74, 6) is -0.000417. The Morgan fingerprint density at radius 2 is 2.00 bits per heavy atom. The normalized spacial score (nSPS) is 12.9. The van der Waals surface area contributed by atoms with Crippen molar-refractivity contribution in [2.45, 2.75) is 33.1 Å². The van der Waals surface area contributed by atoms with Gasteiger partial charge in [0.05, 0.1) is 12.5 Å². The number of nitrogens with zero attached hydrogens (tertiary/aromatic N) is 1. The molecule has 0 saturated carbocycles. The number of carbonyl (C=O) groups excluding carboxylic acids is 1. The van der Waals surface area contributed by atoms with E-state index in [4.69, 9.17) is 4.74 Å². The van der Waals surface area contributed by atoms with Crippen LogP contribution < -0.4 is 0 Å². The lowest BCUT2D eigenvalue weighted by atomic mass is 10.0. The number of unbranched alkanes of at least 4 members (excludes halogenated alkanes) is 1. The van der Waals surface area contributed by atoms with E-state index >= 15 is 0 Å². The molecule has 0 aromatic carbocycles. The number of rotatable bonds is 7. The summed E-state index contributed by atoms with van der Waals surface area (Å²) in [6.45, 7) is 5.26. The van der Waals surface area contributed by atoms with Crippen molar-refractivity contribution in [2.75, 3.05) is 27.2 Å². The van der Waals surface area contributed by atoms with E-state index in [1.54, 1.807) is 0 Å². The fraction of sp³-hybridized carbons (Fsp3) is 0.909. The molecule has 0 radical (unpaired) electrons. The van der Waals surface area contributed by atoms with Gasteiger partial charge in [-0.05, 0) is 27.4 Å². The van der Waals surface area contributed by atoms with Crippen molar-refractivity contribution in [1.82, 2.24) is 4.90 Å². The monoisotopic (exact) mass is 201 g/mol. The molecule has 0 saturated heterocycles. The van der Waals surface area contributed by atoms with Crippen molar-refractivity contribution in [1.29, 1.82) is 0 Å². The van der Waals surface area contributed by atoms with Crippen LogP contribution in [-0.4, -0.2) is 38.1 Å². The van der Waals surface area contributed by atoms with Crippen LogP contribution in [0.25, 0.3) is 0 Å². The first kappa shape index (κ1) is 13.4. The summed E-state index contributed by atoms with van der Waals surface area (Å²) in [4.78, 5) is 13.6. The third-order valence-electron chi connectivity index (χ3n) is 2.11. The highest BCUT2D eigenvalue weighted by molar-refractivity contribution is 5.72. The summed E-state index contributed by atoms with van der Waals surface area (Å²) < 4.78 is 5.04. The molecule has 3 nitrogen and oxygen atoms in total. The second kappa shape index (κ2) is 7.80. The van der Waals surface area contributed by atoms with Gasteiger partial charge < -0.3 is 9.64 Å². The third-order valence-corrected chi connectivity index (χ3v) is 2.11. The van der Waals surface area contributed by atoms with Gasteiger partial charge in [0.1, 0.15) is 0 Å². The number of ether oxygens (including phenoxy) is 1. The number of esters is 1. The van der Waals surface area contributed by atoms with Gasteiger partial charge in [-0.1, -0.05) is 19.8 Å². The minimum absolute atomic E-state index is 0.0462. The lowest BCUT2D eigenvalue weighted by Gasteiger charge is -2.19. The minimum atomic E-state index is -0.0466. The van der Waals surface area contributed by atoms with Gasteiger partial charge in [0.25, 0.3) is 0 Å². The SMILES string of the molecule is CCCCC(CN(C)C)C(=O)OCC. The highest BCUT2D eigenvalue weighted by Crippen LogP contribution is 2.11. The Labute approximate surface area is 87.4 Å². The Morgan fingerprint density at radius 3 is 2.43 bits per heavy atom. The zero-order valence-corrected chi connectivity index (χ0v) is 9.88. The Morgan fingerprint density at radius 1 is 1.36 bits per heavy atom. The molecule has 84 valence electrons. The fourth-order valence-electron chi connectivity index (χ4n) is 1.44. The van der Waals surface area contributed by atoms with Crippen molar-refractivity contribution in [2.24, 2.45) is 5.92 Å². The van der Waals surface area contributed by atoms with E-state index < -0.39 is 0 Å². The van der Waals surface area contributed by atoms with Crippen LogP contribution in [0.1, 0.15) is 33.1 Å². The van der Waals surface area contributed by atoms with Gasteiger partial charge in [-0.2, -0.15) is 0 Å². The topological polar surface area (TPSA) is 29.5 Å². The van der Waals surface area contributed by atoms with E-state index in [1.165, 1.54) is 0 Å². The number of hydrogen-bond acceptors (Lipinski definition) is 3. The molecule has 3 heteroatoms. The van der Waals surface area contributed by atoms with E-state index in [1.807, 2.05) is 25.9 Å². The lowest BCUT2D eigenvalue weighted by Crippen LogP contribution is -2.29. The Balaban J connectivity index is 4.01. The smallest absolute Gasteiger partial charge is 0.310 e. The maximum Gasteiger partial charge on any atom is 0.310 e. The Kier molecular flexibility index (Phi) is 7.48. The summed E-state index contributed by atoms with van der Waals surface area (Å²) in [5.41, 5.74) is 0. The molecule has 0 N–H and O–H groups in total. The molecule has 14 heavy (non-hydrogen) atoms. The van der Waals surface area contributed by atoms with Crippen LogP contribution in [-0.2, 0) is 9.53 Å². The maximum atomic E-state index is 11.5. The zero-order valence-electron chi connectivity index (χ0n) is 9.88. The third kappa shape index (κ3) is 5.97. The minimum Gasteiger partial charge on any atom is -0.466 e. The highest BCUT2D eigenvalue weighted by atomic mass is 16.5. The summed E-state index contributed by atoms with van der Waals surface area (Å²) >= 11 is 0. The Hall–Kier alpha value is -0.570. The van der Waals surface area contributed by atoms with Crippen LogP contribution in [0.3, 0.4) is 0 Å². The van der Waals surface area contributed by atoms with Crippen LogP contribution in [0, 0.1) is 5.92 Å². The van der Waals surface area contributed by atoms with Crippen LogP contribution in [0.5, 0.6) is 0 Å². The second-order valence-corrected chi connectivity index (χ2v) is 3.85. The molecule has 1 unspecified atom stereocenters. The van der Waals surface area contributed by atoms with Gasteiger partial charge in [-0.15, -0.1) is 0 Å². The van der Waals surface area contributed by atoms with Gasteiger partial charge in [0, 0.05) is 6.54 Å². The molecule has 1 atom stereocenters. The molecule has 0 aliphatic rings. The molecule has 0 amide bonds. The molecule has 0 fully saturated rings. The lowest BCUT2D eigenvalue weighted by molar-refractivity contribution is -0.148. The fourth-order valence-corrected chi connectivity index (χ4v) is 1.44. The summed E-state index contributed by atoms with van der Waals surface area (Å²) in [6.07, 6.45) is 3.16. The average molecular weight is 201 g/mol. The zero-order chi connectivity index (χ0) is 11.0.